The maximum Gasteiger partial charge on any atom is 0.337 e. The highest BCUT2D eigenvalue weighted by molar-refractivity contribution is 5.96. The molecule has 0 saturated carbocycles. The molecule has 2 rings (SSSR count). The minimum atomic E-state index is -0.431. The number of nitrogens with zero attached hydrogens (tertiary/aromatic N) is 1. The first-order chi connectivity index (χ1) is 13.4. The molecule has 0 bridgehead atoms. The van der Waals surface area contributed by atoms with Crippen LogP contribution in [-0.4, -0.2) is 56.0 Å². The second kappa shape index (κ2) is 10.8. The van der Waals surface area contributed by atoms with E-state index < -0.39 is 5.97 Å². The number of nitrogens with one attached hydrogen (secondary N) is 2. The van der Waals surface area contributed by atoms with Crippen molar-refractivity contribution in [3.63, 3.8) is 0 Å². The average molecular weight is 389 g/mol. The SMILES string of the molecule is CCCC(=O)NC[C@H]1CCCN(CC(=O)Nc2cc(C(=O)OC)ccc2C)C1. The zero-order valence-corrected chi connectivity index (χ0v) is 17.0. The lowest BCUT2D eigenvalue weighted by Gasteiger charge is -2.32. The van der Waals surface area contributed by atoms with Crippen LogP contribution < -0.4 is 10.6 Å². The minimum absolute atomic E-state index is 0.0957. The van der Waals surface area contributed by atoms with Gasteiger partial charge in [0.15, 0.2) is 0 Å². The maximum absolute atomic E-state index is 12.5. The number of benzene rings is 1. The van der Waals surface area contributed by atoms with E-state index in [4.69, 9.17) is 4.74 Å². The van der Waals surface area contributed by atoms with Crippen LogP contribution in [0.25, 0.3) is 0 Å². The molecular weight excluding hydrogens is 358 g/mol. The largest absolute Gasteiger partial charge is 0.465 e. The molecule has 1 heterocycles. The molecule has 2 N–H and O–H groups in total. The van der Waals surface area contributed by atoms with Crippen LogP contribution >= 0.6 is 0 Å². The van der Waals surface area contributed by atoms with Gasteiger partial charge in [-0.25, -0.2) is 4.79 Å². The number of ether oxygens (including phenoxy) is 1. The number of hydrogen-bond acceptors (Lipinski definition) is 5. The Hall–Kier alpha value is -2.41. The third-order valence-electron chi connectivity index (χ3n) is 4.97. The van der Waals surface area contributed by atoms with Gasteiger partial charge in [0.1, 0.15) is 0 Å². The van der Waals surface area contributed by atoms with E-state index in [9.17, 15) is 14.4 Å². The number of esters is 1. The van der Waals surface area contributed by atoms with Gasteiger partial charge < -0.3 is 15.4 Å². The third-order valence-corrected chi connectivity index (χ3v) is 4.97. The molecule has 1 aliphatic heterocycles. The molecule has 1 aromatic carbocycles. The van der Waals surface area contributed by atoms with Crippen molar-refractivity contribution >= 4 is 23.5 Å². The van der Waals surface area contributed by atoms with Crippen LogP contribution in [-0.2, 0) is 14.3 Å². The minimum Gasteiger partial charge on any atom is -0.465 e. The van der Waals surface area contributed by atoms with E-state index in [1.54, 1.807) is 18.2 Å². The predicted molar refractivity (Wildman–Crippen MR) is 108 cm³/mol. The van der Waals surface area contributed by atoms with Gasteiger partial charge in [-0.1, -0.05) is 13.0 Å². The van der Waals surface area contributed by atoms with Gasteiger partial charge >= 0.3 is 5.97 Å². The van der Waals surface area contributed by atoms with Crippen LogP contribution in [0.2, 0.25) is 0 Å². The molecule has 0 radical (unpaired) electrons. The van der Waals surface area contributed by atoms with Gasteiger partial charge in [0.2, 0.25) is 11.8 Å². The summed E-state index contributed by atoms with van der Waals surface area (Å²) in [6, 6.07) is 5.11. The first kappa shape index (κ1) is 21.9. The lowest BCUT2D eigenvalue weighted by atomic mass is 9.98. The fraction of sp³-hybridized carbons (Fsp3) is 0.571. The van der Waals surface area contributed by atoms with E-state index in [1.165, 1.54) is 7.11 Å². The number of anilines is 1. The molecule has 1 fully saturated rings. The van der Waals surface area contributed by atoms with Crippen LogP contribution in [0.1, 0.15) is 48.5 Å². The van der Waals surface area contributed by atoms with E-state index in [0.717, 1.165) is 37.9 Å². The summed E-state index contributed by atoms with van der Waals surface area (Å²) in [5.41, 5.74) is 1.91. The van der Waals surface area contributed by atoms with Gasteiger partial charge in [-0.3, -0.25) is 14.5 Å². The molecule has 7 nitrogen and oxygen atoms in total. The van der Waals surface area contributed by atoms with E-state index in [-0.39, 0.29) is 11.8 Å². The Morgan fingerprint density at radius 3 is 2.75 bits per heavy atom. The summed E-state index contributed by atoms with van der Waals surface area (Å²) in [7, 11) is 1.33. The molecule has 154 valence electrons. The summed E-state index contributed by atoms with van der Waals surface area (Å²) in [5.74, 6) is -0.0784. The molecule has 1 atom stereocenters. The van der Waals surface area contributed by atoms with Crippen molar-refractivity contribution in [2.75, 3.05) is 38.6 Å². The molecule has 2 amide bonds. The third kappa shape index (κ3) is 6.64. The molecule has 0 aliphatic carbocycles. The molecule has 1 aromatic rings. The quantitative estimate of drug-likeness (QED) is 0.667. The number of methoxy groups -OCH3 is 1. The number of piperidine rings is 1. The second-order valence-electron chi connectivity index (χ2n) is 7.37. The van der Waals surface area contributed by atoms with E-state index in [0.29, 0.717) is 36.7 Å². The van der Waals surface area contributed by atoms with E-state index in [2.05, 4.69) is 15.5 Å². The first-order valence-corrected chi connectivity index (χ1v) is 9.90. The standard InChI is InChI=1S/C21H31N3O4/c1-4-6-19(25)22-12-16-7-5-10-24(13-16)14-20(26)23-18-11-17(21(27)28-3)9-8-15(18)2/h8-9,11,16H,4-7,10,12-14H2,1-3H3,(H,22,25)(H,23,26)/t16-/m1/s1. The smallest absolute Gasteiger partial charge is 0.337 e. The van der Waals surface area contributed by atoms with Gasteiger partial charge in [-0.2, -0.15) is 0 Å². The lowest BCUT2D eigenvalue weighted by molar-refractivity contribution is -0.121. The van der Waals surface area contributed by atoms with Crippen molar-refractivity contribution in [3.8, 4) is 0 Å². The van der Waals surface area contributed by atoms with Crippen molar-refractivity contribution in [2.45, 2.75) is 39.5 Å². The van der Waals surface area contributed by atoms with Gasteiger partial charge in [0.25, 0.3) is 0 Å². The van der Waals surface area contributed by atoms with Gasteiger partial charge in [-0.05, 0) is 56.3 Å². The summed E-state index contributed by atoms with van der Waals surface area (Å²) < 4.78 is 4.73. The molecule has 7 heteroatoms. The summed E-state index contributed by atoms with van der Waals surface area (Å²) in [4.78, 5) is 38.0. The topological polar surface area (TPSA) is 87.7 Å². The lowest BCUT2D eigenvalue weighted by Crippen LogP contribution is -2.43. The maximum atomic E-state index is 12.5. The number of hydrogen-bond donors (Lipinski definition) is 2. The normalized spacial score (nSPS) is 17.0. The molecule has 0 unspecified atom stereocenters. The summed E-state index contributed by atoms with van der Waals surface area (Å²) in [6.07, 6.45) is 3.48. The van der Waals surface area contributed by atoms with Crippen molar-refractivity contribution in [3.05, 3.63) is 29.3 Å². The van der Waals surface area contributed by atoms with Crippen molar-refractivity contribution in [1.82, 2.24) is 10.2 Å². The molecule has 1 aliphatic rings. The highest BCUT2D eigenvalue weighted by Crippen LogP contribution is 2.19. The Balaban J connectivity index is 1.87. The Morgan fingerprint density at radius 1 is 1.25 bits per heavy atom. The van der Waals surface area contributed by atoms with Gasteiger partial charge in [0, 0.05) is 25.2 Å². The summed E-state index contributed by atoms with van der Waals surface area (Å²) in [5, 5.41) is 5.89. The monoisotopic (exact) mass is 389 g/mol. The number of amides is 2. The van der Waals surface area contributed by atoms with Crippen molar-refractivity contribution in [1.29, 1.82) is 0 Å². The van der Waals surface area contributed by atoms with Crippen molar-refractivity contribution in [2.24, 2.45) is 5.92 Å². The van der Waals surface area contributed by atoms with Crippen LogP contribution in [0.4, 0.5) is 5.69 Å². The average Bonchev–Trinajstić information content (AvgIpc) is 2.68. The zero-order valence-electron chi connectivity index (χ0n) is 17.0. The van der Waals surface area contributed by atoms with Crippen LogP contribution in [0.15, 0.2) is 18.2 Å². The highest BCUT2D eigenvalue weighted by Gasteiger charge is 2.22. The first-order valence-electron chi connectivity index (χ1n) is 9.90. The summed E-state index contributed by atoms with van der Waals surface area (Å²) >= 11 is 0. The van der Waals surface area contributed by atoms with Gasteiger partial charge in [0.05, 0.1) is 19.2 Å². The Morgan fingerprint density at radius 2 is 2.04 bits per heavy atom. The molecule has 0 spiro atoms. The molecule has 0 aromatic heterocycles. The number of carbonyl (C=O) groups excluding carboxylic acids is 3. The van der Waals surface area contributed by atoms with Crippen LogP contribution in [0.3, 0.4) is 0 Å². The fourth-order valence-electron chi connectivity index (χ4n) is 3.43. The summed E-state index contributed by atoms with van der Waals surface area (Å²) in [6.45, 7) is 6.49. The van der Waals surface area contributed by atoms with Gasteiger partial charge in [-0.15, -0.1) is 0 Å². The number of carbonyl (C=O) groups is 3. The molecule has 28 heavy (non-hydrogen) atoms. The Labute approximate surface area is 166 Å². The second-order valence-corrected chi connectivity index (χ2v) is 7.37. The van der Waals surface area contributed by atoms with Crippen molar-refractivity contribution < 1.29 is 19.1 Å². The van der Waals surface area contributed by atoms with Crippen LogP contribution in [0.5, 0.6) is 0 Å². The molecule has 1 saturated heterocycles. The Bertz CT molecular complexity index is 705. The van der Waals surface area contributed by atoms with E-state index >= 15 is 0 Å². The number of aryl methyl sites for hydroxylation is 1. The fourth-order valence-corrected chi connectivity index (χ4v) is 3.43. The van der Waals surface area contributed by atoms with E-state index in [1.807, 2.05) is 13.8 Å². The predicted octanol–water partition coefficient (Wildman–Crippen LogP) is 2.35. The molecular formula is C21H31N3O4. The van der Waals surface area contributed by atoms with Crippen LogP contribution in [0, 0.1) is 12.8 Å². The zero-order chi connectivity index (χ0) is 20.5. The number of likely N-dealkylation sites (tertiary alicyclic amines) is 1. The Kier molecular flexibility index (Phi) is 8.44. The highest BCUT2D eigenvalue weighted by atomic mass is 16.5. The number of rotatable bonds is 8.